The van der Waals surface area contributed by atoms with E-state index in [-0.39, 0.29) is 11.7 Å². The largest absolute Gasteiger partial charge is 0.409 e. The van der Waals surface area contributed by atoms with E-state index in [1.807, 2.05) is 13.8 Å². The fraction of sp³-hybridized carbons (Fsp3) is 0.545. The predicted octanol–water partition coefficient (Wildman–Crippen LogP) is 1.38. The maximum Gasteiger partial charge on any atom is 0.265 e. The average Bonchev–Trinajstić information content (AvgIpc) is 2.86. The normalized spacial score (nSPS) is 11.8. The second kappa shape index (κ2) is 6.95. The number of hydrogen-bond donors (Lipinski definition) is 2. The van der Waals surface area contributed by atoms with Crippen molar-refractivity contribution in [2.24, 2.45) is 16.8 Å². The standard InChI is InChI=1S/C11H18N4O2S/c1-8(2)6-15(4-3-10(12)14-17)11(16)9-5-13-7-18-9/h5,7-8,17H,3-4,6H2,1-2H3,(H2,12,14). The van der Waals surface area contributed by atoms with Crippen LogP contribution in [-0.2, 0) is 0 Å². The van der Waals surface area contributed by atoms with Gasteiger partial charge in [-0.2, -0.15) is 0 Å². The minimum atomic E-state index is -0.0584. The molecule has 1 amide bonds. The molecule has 6 nitrogen and oxygen atoms in total. The second-order valence-electron chi connectivity index (χ2n) is 4.35. The van der Waals surface area contributed by atoms with Crippen LogP contribution in [0, 0.1) is 5.92 Å². The lowest BCUT2D eigenvalue weighted by Gasteiger charge is -2.23. The molecule has 1 aromatic rings. The van der Waals surface area contributed by atoms with E-state index >= 15 is 0 Å². The molecular formula is C11H18N4O2S. The highest BCUT2D eigenvalue weighted by Crippen LogP contribution is 2.12. The van der Waals surface area contributed by atoms with E-state index in [4.69, 9.17) is 10.9 Å². The van der Waals surface area contributed by atoms with Gasteiger partial charge in [0.25, 0.3) is 5.91 Å². The molecule has 0 saturated heterocycles. The number of carbonyl (C=O) groups excluding carboxylic acids is 1. The van der Waals surface area contributed by atoms with Crippen LogP contribution in [0.4, 0.5) is 0 Å². The van der Waals surface area contributed by atoms with Gasteiger partial charge in [0.1, 0.15) is 10.7 Å². The number of hydrogen-bond acceptors (Lipinski definition) is 5. The monoisotopic (exact) mass is 270 g/mol. The van der Waals surface area contributed by atoms with Crippen molar-refractivity contribution in [3.8, 4) is 0 Å². The molecule has 0 aliphatic carbocycles. The molecule has 1 heterocycles. The lowest BCUT2D eigenvalue weighted by molar-refractivity contribution is 0.0745. The van der Waals surface area contributed by atoms with Crippen LogP contribution in [0.5, 0.6) is 0 Å². The van der Waals surface area contributed by atoms with E-state index in [0.717, 1.165) is 0 Å². The number of rotatable bonds is 6. The zero-order valence-electron chi connectivity index (χ0n) is 10.5. The van der Waals surface area contributed by atoms with E-state index < -0.39 is 0 Å². The second-order valence-corrected chi connectivity index (χ2v) is 5.24. The Kier molecular flexibility index (Phi) is 5.57. The van der Waals surface area contributed by atoms with Gasteiger partial charge in [-0.1, -0.05) is 19.0 Å². The molecule has 1 rings (SSSR count). The molecule has 3 N–H and O–H groups in total. The third kappa shape index (κ3) is 4.33. The lowest BCUT2D eigenvalue weighted by Crippen LogP contribution is -2.36. The van der Waals surface area contributed by atoms with E-state index in [1.54, 1.807) is 16.6 Å². The number of amidine groups is 1. The van der Waals surface area contributed by atoms with Gasteiger partial charge in [-0.15, -0.1) is 11.3 Å². The van der Waals surface area contributed by atoms with Crippen molar-refractivity contribution in [2.45, 2.75) is 20.3 Å². The Morgan fingerprint density at radius 1 is 1.67 bits per heavy atom. The number of amides is 1. The van der Waals surface area contributed by atoms with Crippen LogP contribution < -0.4 is 5.73 Å². The molecular weight excluding hydrogens is 252 g/mol. The topological polar surface area (TPSA) is 91.8 Å². The summed E-state index contributed by atoms with van der Waals surface area (Å²) in [5.74, 6) is 0.423. The quantitative estimate of drug-likeness (QED) is 0.353. The number of carbonyl (C=O) groups is 1. The lowest BCUT2D eigenvalue weighted by atomic mass is 10.2. The van der Waals surface area contributed by atoms with Gasteiger partial charge in [0.2, 0.25) is 0 Å². The van der Waals surface area contributed by atoms with Gasteiger partial charge in [0, 0.05) is 19.5 Å². The molecule has 18 heavy (non-hydrogen) atoms. The SMILES string of the molecule is CC(C)CN(CCC(N)=NO)C(=O)c1cncs1. The van der Waals surface area contributed by atoms with Gasteiger partial charge >= 0.3 is 0 Å². The third-order valence-electron chi connectivity index (χ3n) is 2.28. The summed E-state index contributed by atoms with van der Waals surface area (Å²) in [6.07, 6.45) is 1.91. The number of nitrogens with two attached hydrogens (primary N) is 1. The summed E-state index contributed by atoms with van der Waals surface area (Å²) in [4.78, 5) is 18.4. The van der Waals surface area contributed by atoms with Gasteiger partial charge in [-0.05, 0) is 5.92 Å². The number of oxime groups is 1. The first-order chi connectivity index (χ1) is 8.54. The first-order valence-electron chi connectivity index (χ1n) is 5.68. The first-order valence-corrected chi connectivity index (χ1v) is 6.56. The molecule has 0 bridgehead atoms. The van der Waals surface area contributed by atoms with Crippen LogP contribution >= 0.6 is 11.3 Å². The van der Waals surface area contributed by atoms with Crippen molar-refractivity contribution in [1.29, 1.82) is 0 Å². The smallest absolute Gasteiger partial charge is 0.265 e. The van der Waals surface area contributed by atoms with E-state index in [9.17, 15) is 4.79 Å². The summed E-state index contributed by atoms with van der Waals surface area (Å²) in [7, 11) is 0. The van der Waals surface area contributed by atoms with Crippen LogP contribution in [0.15, 0.2) is 16.9 Å². The molecule has 0 unspecified atom stereocenters. The summed E-state index contributed by atoms with van der Waals surface area (Å²) < 4.78 is 0. The first kappa shape index (κ1) is 14.4. The van der Waals surface area contributed by atoms with Gasteiger partial charge in [0.15, 0.2) is 0 Å². The average molecular weight is 270 g/mol. The van der Waals surface area contributed by atoms with E-state index in [2.05, 4.69) is 10.1 Å². The van der Waals surface area contributed by atoms with Gasteiger partial charge in [0.05, 0.1) is 11.7 Å². The fourth-order valence-electron chi connectivity index (χ4n) is 1.49. The highest BCUT2D eigenvalue weighted by atomic mass is 32.1. The molecule has 0 spiro atoms. The van der Waals surface area contributed by atoms with Crippen molar-refractivity contribution in [1.82, 2.24) is 9.88 Å². The highest BCUT2D eigenvalue weighted by molar-refractivity contribution is 7.11. The van der Waals surface area contributed by atoms with Crippen LogP contribution in [0.2, 0.25) is 0 Å². The van der Waals surface area contributed by atoms with E-state index in [1.165, 1.54) is 11.3 Å². The summed E-state index contributed by atoms with van der Waals surface area (Å²) >= 11 is 1.31. The molecule has 0 atom stereocenters. The molecule has 100 valence electrons. The summed E-state index contributed by atoms with van der Waals surface area (Å²) in [6.45, 7) is 5.15. The fourth-order valence-corrected chi connectivity index (χ4v) is 2.08. The molecule has 0 aromatic carbocycles. The summed E-state index contributed by atoms with van der Waals surface area (Å²) in [5.41, 5.74) is 7.05. The molecule has 7 heteroatoms. The molecule has 0 saturated carbocycles. The summed E-state index contributed by atoms with van der Waals surface area (Å²) in [5, 5.41) is 11.4. The molecule has 0 aliphatic rings. The Labute approximate surface area is 110 Å². The van der Waals surface area contributed by atoms with Gasteiger partial charge in [-0.3, -0.25) is 9.78 Å². The van der Waals surface area contributed by atoms with Crippen molar-refractivity contribution >= 4 is 23.1 Å². The van der Waals surface area contributed by atoms with Crippen molar-refractivity contribution < 1.29 is 10.0 Å². The Hall–Kier alpha value is -1.63. The maximum atomic E-state index is 12.2. The van der Waals surface area contributed by atoms with Crippen LogP contribution in [0.3, 0.4) is 0 Å². The zero-order chi connectivity index (χ0) is 13.5. The maximum absolute atomic E-state index is 12.2. The van der Waals surface area contributed by atoms with E-state index in [0.29, 0.717) is 30.3 Å². The number of aromatic nitrogens is 1. The number of thiazole rings is 1. The third-order valence-corrected chi connectivity index (χ3v) is 3.04. The number of nitrogens with zero attached hydrogens (tertiary/aromatic N) is 3. The Bertz CT molecular complexity index is 403. The zero-order valence-corrected chi connectivity index (χ0v) is 11.4. The van der Waals surface area contributed by atoms with Crippen LogP contribution in [0.25, 0.3) is 0 Å². The van der Waals surface area contributed by atoms with Gasteiger partial charge in [-0.25, -0.2) is 0 Å². The molecule has 1 aromatic heterocycles. The minimum Gasteiger partial charge on any atom is -0.409 e. The summed E-state index contributed by atoms with van der Waals surface area (Å²) in [6, 6.07) is 0. The van der Waals surface area contributed by atoms with Crippen LogP contribution in [-0.4, -0.2) is 39.9 Å². The molecule has 0 aliphatic heterocycles. The Balaban J connectivity index is 2.69. The van der Waals surface area contributed by atoms with Crippen molar-refractivity contribution in [3.05, 3.63) is 16.6 Å². The highest BCUT2D eigenvalue weighted by Gasteiger charge is 2.18. The Morgan fingerprint density at radius 3 is 2.89 bits per heavy atom. The minimum absolute atomic E-state index is 0.0584. The van der Waals surface area contributed by atoms with Crippen LogP contribution in [0.1, 0.15) is 29.9 Å². The van der Waals surface area contributed by atoms with Gasteiger partial charge < -0.3 is 15.8 Å². The Morgan fingerprint density at radius 2 is 2.39 bits per heavy atom. The molecule has 0 fully saturated rings. The van der Waals surface area contributed by atoms with Crippen molar-refractivity contribution in [3.63, 3.8) is 0 Å². The predicted molar refractivity (Wildman–Crippen MR) is 70.9 cm³/mol. The molecule has 0 radical (unpaired) electrons. The van der Waals surface area contributed by atoms with Crippen molar-refractivity contribution in [2.75, 3.05) is 13.1 Å².